The van der Waals surface area contributed by atoms with Gasteiger partial charge in [0.15, 0.2) is 6.10 Å². The molecule has 0 unspecified atom stereocenters. The molecule has 196 valence electrons. The molecule has 0 aliphatic heterocycles. The van der Waals surface area contributed by atoms with Gasteiger partial charge in [0.25, 0.3) is 0 Å². The van der Waals surface area contributed by atoms with E-state index in [0.29, 0.717) is 6.42 Å². The molecule has 0 fully saturated rings. The number of esters is 2. The molecule has 0 aromatic rings. The van der Waals surface area contributed by atoms with Crippen molar-refractivity contribution in [1.82, 2.24) is 0 Å². The number of unbranched alkanes of at least 4 members (excludes halogenated alkanes) is 13. The van der Waals surface area contributed by atoms with E-state index in [1.807, 2.05) is 6.92 Å². The van der Waals surface area contributed by atoms with Crippen molar-refractivity contribution in [1.29, 1.82) is 0 Å². The third kappa shape index (κ3) is 24.0. The molecule has 2 N–H and O–H groups in total. The molecule has 0 rings (SSSR count). The predicted molar refractivity (Wildman–Crippen MR) is 129 cm³/mol. The summed E-state index contributed by atoms with van der Waals surface area (Å²) in [5, 5.41) is 0. The third-order valence-corrected chi connectivity index (χ3v) is 5.86. The zero-order chi connectivity index (χ0) is 24.8. The predicted octanol–water partition coefficient (Wildman–Crippen LogP) is 6.22. The van der Waals surface area contributed by atoms with Gasteiger partial charge in [-0.1, -0.05) is 97.3 Å². The molecule has 33 heavy (non-hydrogen) atoms. The van der Waals surface area contributed by atoms with Gasteiger partial charge in [0.1, 0.15) is 6.61 Å². The van der Waals surface area contributed by atoms with Gasteiger partial charge in [-0.3, -0.25) is 14.1 Å². The number of phosphoric acid groups is 1. The highest BCUT2D eigenvalue weighted by molar-refractivity contribution is 7.46. The van der Waals surface area contributed by atoms with Crippen LogP contribution in [0.25, 0.3) is 0 Å². The molecule has 0 aliphatic carbocycles. The second-order valence-electron chi connectivity index (χ2n) is 8.68. The third-order valence-electron chi connectivity index (χ3n) is 5.38. The molecule has 1 atom stereocenters. The molecule has 0 bridgehead atoms. The first-order chi connectivity index (χ1) is 15.8. The van der Waals surface area contributed by atoms with Crippen molar-refractivity contribution in [2.75, 3.05) is 13.2 Å². The van der Waals surface area contributed by atoms with Gasteiger partial charge in [-0.15, -0.1) is 0 Å². The number of hydrogen-bond acceptors (Lipinski definition) is 6. The minimum absolute atomic E-state index is 0.201. The van der Waals surface area contributed by atoms with Crippen molar-refractivity contribution in [2.45, 2.75) is 129 Å². The van der Waals surface area contributed by atoms with Crippen LogP contribution in [0, 0.1) is 0 Å². The van der Waals surface area contributed by atoms with Crippen molar-refractivity contribution in [3.63, 3.8) is 0 Å². The lowest BCUT2D eigenvalue weighted by atomic mass is 10.0. The van der Waals surface area contributed by atoms with E-state index in [4.69, 9.17) is 19.3 Å². The van der Waals surface area contributed by atoms with E-state index in [1.54, 1.807) is 0 Å². The van der Waals surface area contributed by atoms with Crippen LogP contribution < -0.4 is 0 Å². The minimum atomic E-state index is -4.71. The average Bonchev–Trinajstić information content (AvgIpc) is 2.76. The Hall–Kier alpha value is -0.950. The van der Waals surface area contributed by atoms with Crippen molar-refractivity contribution in [2.24, 2.45) is 0 Å². The number of carbonyl (C=O) groups is 2. The van der Waals surface area contributed by atoms with Crippen LogP contribution in [0.2, 0.25) is 0 Å². The van der Waals surface area contributed by atoms with E-state index in [1.165, 1.54) is 57.8 Å². The molecule has 0 heterocycles. The fourth-order valence-electron chi connectivity index (χ4n) is 3.43. The minimum Gasteiger partial charge on any atom is -0.462 e. The van der Waals surface area contributed by atoms with Crippen LogP contribution in [0.1, 0.15) is 123 Å². The molecule has 0 amide bonds. The van der Waals surface area contributed by atoms with E-state index < -0.39 is 32.5 Å². The monoisotopic (exact) mass is 494 g/mol. The zero-order valence-corrected chi connectivity index (χ0v) is 21.7. The maximum atomic E-state index is 12.0. The maximum Gasteiger partial charge on any atom is 0.469 e. The van der Waals surface area contributed by atoms with Crippen LogP contribution in [0.15, 0.2) is 0 Å². The molecule has 0 radical (unpaired) electrons. The van der Waals surface area contributed by atoms with Crippen LogP contribution >= 0.6 is 7.82 Å². The van der Waals surface area contributed by atoms with Crippen molar-refractivity contribution in [3.8, 4) is 0 Å². The Kier molecular flexibility index (Phi) is 21.0. The highest BCUT2D eigenvalue weighted by atomic mass is 31.2. The Labute approximate surface area is 200 Å². The topological polar surface area (TPSA) is 119 Å². The number of carbonyl (C=O) groups excluding carboxylic acids is 2. The van der Waals surface area contributed by atoms with Crippen LogP contribution in [0.3, 0.4) is 0 Å². The smallest absolute Gasteiger partial charge is 0.462 e. The van der Waals surface area contributed by atoms with Crippen molar-refractivity contribution < 1.29 is 37.9 Å². The van der Waals surface area contributed by atoms with Crippen molar-refractivity contribution >= 4 is 19.8 Å². The molecule has 8 nitrogen and oxygen atoms in total. The van der Waals surface area contributed by atoms with Crippen LogP contribution in [-0.2, 0) is 28.2 Å². The molecule has 0 aromatic carbocycles. The summed E-state index contributed by atoms with van der Waals surface area (Å²) in [5.74, 6) is -0.912. The second-order valence-corrected chi connectivity index (χ2v) is 9.92. The summed E-state index contributed by atoms with van der Waals surface area (Å²) >= 11 is 0. The van der Waals surface area contributed by atoms with Gasteiger partial charge in [0.05, 0.1) is 6.61 Å². The maximum absolute atomic E-state index is 12.0. The summed E-state index contributed by atoms with van der Waals surface area (Å²) in [7, 11) is -4.71. The SMILES string of the molecule is CCCCCCCCCCCCCCC(=O)OC[C@@H](COP(=O)(O)O)OC(=O)CCCCC. The Morgan fingerprint density at radius 1 is 0.667 bits per heavy atom. The summed E-state index contributed by atoms with van der Waals surface area (Å²) in [4.78, 5) is 41.6. The number of rotatable bonds is 23. The first kappa shape index (κ1) is 32.0. The van der Waals surface area contributed by atoms with E-state index in [-0.39, 0.29) is 19.4 Å². The Bertz CT molecular complexity index is 535. The van der Waals surface area contributed by atoms with Crippen molar-refractivity contribution in [3.05, 3.63) is 0 Å². The molecule has 0 aliphatic rings. The summed E-state index contributed by atoms with van der Waals surface area (Å²) in [6.45, 7) is 3.43. The molecule has 0 aromatic heterocycles. The standard InChI is InChI=1S/C24H47O8P/c1-3-5-7-8-9-10-11-12-13-14-15-17-18-23(25)30-20-22(21-31-33(27,28)29)32-24(26)19-16-6-4-2/h22H,3-21H2,1-2H3,(H2,27,28,29)/t22-/m0/s1. The summed E-state index contributed by atoms with van der Waals surface area (Å²) in [6.07, 6.45) is 16.4. The molecule has 9 heteroatoms. The number of hydrogen-bond donors (Lipinski definition) is 2. The molecular weight excluding hydrogens is 447 g/mol. The summed E-state index contributed by atoms with van der Waals surface area (Å²) < 4.78 is 25.7. The summed E-state index contributed by atoms with van der Waals surface area (Å²) in [5.41, 5.74) is 0. The lowest BCUT2D eigenvalue weighted by Crippen LogP contribution is -2.29. The lowest BCUT2D eigenvalue weighted by Gasteiger charge is -2.18. The van der Waals surface area contributed by atoms with Crippen LogP contribution in [0.4, 0.5) is 0 Å². The lowest BCUT2D eigenvalue weighted by molar-refractivity contribution is -0.161. The van der Waals surface area contributed by atoms with Gasteiger partial charge in [-0.25, -0.2) is 4.57 Å². The normalized spacial score (nSPS) is 12.5. The Balaban J connectivity index is 3.94. The molecule has 0 saturated heterocycles. The number of ether oxygens (including phenoxy) is 2. The number of phosphoric ester groups is 1. The fraction of sp³-hybridized carbons (Fsp3) is 0.917. The van der Waals surface area contributed by atoms with Gasteiger partial charge in [-0.05, 0) is 12.8 Å². The zero-order valence-electron chi connectivity index (χ0n) is 20.8. The highest BCUT2D eigenvalue weighted by Crippen LogP contribution is 2.35. The van der Waals surface area contributed by atoms with Gasteiger partial charge >= 0.3 is 19.8 Å². The largest absolute Gasteiger partial charge is 0.469 e. The molecule has 0 saturated carbocycles. The van der Waals surface area contributed by atoms with E-state index in [9.17, 15) is 14.2 Å². The van der Waals surface area contributed by atoms with Gasteiger partial charge in [0.2, 0.25) is 0 Å². The Morgan fingerprint density at radius 2 is 1.09 bits per heavy atom. The molecular formula is C24H47O8P. The second kappa shape index (κ2) is 21.6. The van der Waals surface area contributed by atoms with Gasteiger partial charge in [0, 0.05) is 12.8 Å². The highest BCUT2D eigenvalue weighted by Gasteiger charge is 2.22. The van der Waals surface area contributed by atoms with E-state index >= 15 is 0 Å². The molecule has 0 spiro atoms. The van der Waals surface area contributed by atoms with Gasteiger partial charge < -0.3 is 19.3 Å². The van der Waals surface area contributed by atoms with Gasteiger partial charge in [-0.2, -0.15) is 0 Å². The van der Waals surface area contributed by atoms with Crippen LogP contribution in [0.5, 0.6) is 0 Å². The first-order valence-corrected chi connectivity index (χ1v) is 14.4. The van der Waals surface area contributed by atoms with E-state index in [2.05, 4.69) is 11.4 Å². The fourth-order valence-corrected chi connectivity index (χ4v) is 3.79. The average molecular weight is 495 g/mol. The van der Waals surface area contributed by atoms with Crippen LogP contribution in [-0.4, -0.2) is 41.0 Å². The van der Waals surface area contributed by atoms with E-state index in [0.717, 1.165) is 32.1 Å². The quantitative estimate of drug-likeness (QED) is 0.0975. The summed E-state index contributed by atoms with van der Waals surface area (Å²) in [6, 6.07) is 0. The first-order valence-electron chi connectivity index (χ1n) is 12.8. The Morgan fingerprint density at radius 3 is 1.61 bits per heavy atom.